The first kappa shape index (κ1) is 24.7. The molecule has 3 aromatic rings. The predicted octanol–water partition coefficient (Wildman–Crippen LogP) is 3.28. The summed E-state index contributed by atoms with van der Waals surface area (Å²) in [6, 6.07) is 9.63. The number of methoxy groups -OCH3 is 2. The molecule has 0 spiro atoms. The molecule has 2 aromatic carbocycles. The van der Waals surface area contributed by atoms with Gasteiger partial charge in [-0.2, -0.15) is 0 Å². The van der Waals surface area contributed by atoms with Crippen LogP contribution in [-0.2, 0) is 9.53 Å². The van der Waals surface area contributed by atoms with E-state index in [-0.39, 0.29) is 23.7 Å². The Morgan fingerprint density at radius 1 is 1.23 bits per heavy atom. The van der Waals surface area contributed by atoms with Crippen molar-refractivity contribution in [2.24, 2.45) is 4.99 Å². The lowest BCUT2D eigenvalue weighted by atomic mass is 9.96. The number of halogens is 1. The summed E-state index contributed by atoms with van der Waals surface area (Å²) in [7, 11) is 3.03. The first-order valence-corrected chi connectivity index (χ1v) is 12.3. The molecule has 1 aliphatic rings. The number of carbonyl (C=O) groups excluding carboxylic acids is 1. The Kier molecular flexibility index (Phi) is 7.13. The Bertz CT molecular complexity index is 1500. The van der Waals surface area contributed by atoms with Gasteiger partial charge >= 0.3 is 5.97 Å². The van der Waals surface area contributed by atoms with Crippen LogP contribution < -0.4 is 24.4 Å². The Balaban J connectivity index is 1.95. The van der Waals surface area contributed by atoms with Crippen molar-refractivity contribution in [1.82, 2.24) is 4.57 Å². The summed E-state index contributed by atoms with van der Waals surface area (Å²) in [6.07, 6.45) is 1.70. The minimum atomic E-state index is -0.712. The molecule has 1 atom stereocenters. The van der Waals surface area contributed by atoms with Gasteiger partial charge in [-0.25, -0.2) is 9.79 Å². The molecule has 0 aliphatic carbocycles. The number of phenolic OH excluding ortho intramolecular Hbond substituents is 1. The Hall–Kier alpha value is -3.37. The smallest absolute Gasteiger partial charge is 0.338 e. The van der Waals surface area contributed by atoms with Gasteiger partial charge in [0.25, 0.3) is 5.56 Å². The van der Waals surface area contributed by atoms with Crippen molar-refractivity contribution in [2.75, 3.05) is 20.8 Å². The lowest BCUT2D eigenvalue weighted by Crippen LogP contribution is -2.39. The second-order valence-corrected chi connectivity index (χ2v) is 9.48. The number of rotatable bonds is 6. The van der Waals surface area contributed by atoms with Crippen molar-refractivity contribution < 1.29 is 24.1 Å². The molecule has 10 heteroatoms. The van der Waals surface area contributed by atoms with E-state index in [0.29, 0.717) is 36.4 Å². The molecule has 1 aromatic heterocycles. The van der Waals surface area contributed by atoms with Crippen LogP contribution in [0.3, 0.4) is 0 Å². The number of nitrogens with zero attached hydrogens (tertiary/aromatic N) is 2. The number of carbonyl (C=O) groups is 1. The number of esters is 1. The lowest BCUT2D eigenvalue weighted by molar-refractivity contribution is -0.139. The van der Waals surface area contributed by atoms with Gasteiger partial charge in [0.05, 0.1) is 42.7 Å². The largest absolute Gasteiger partial charge is 0.504 e. The van der Waals surface area contributed by atoms with Crippen LogP contribution in [0.2, 0.25) is 0 Å². The van der Waals surface area contributed by atoms with Gasteiger partial charge in [-0.15, -0.1) is 0 Å². The summed E-state index contributed by atoms with van der Waals surface area (Å²) in [4.78, 5) is 31.7. The summed E-state index contributed by atoms with van der Waals surface area (Å²) >= 11 is 4.64. The average Bonchev–Trinajstić information content (AvgIpc) is 3.14. The van der Waals surface area contributed by atoms with Crippen LogP contribution in [0.5, 0.6) is 17.2 Å². The highest BCUT2D eigenvalue weighted by Gasteiger charge is 2.33. The molecule has 0 radical (unpaired) electrons. The minimum absolute atomic E-state index is 0.0211. The number of hydrogen-bond donors (Lipinski definition) is 1. The molecular weight excluding hydrogens is 536 g/mol. The molecule has 1 aliphatic heterocycles. The Labute approximate surface area is 213 Å². The maximum absolute atomic E-state index is 13.7. The van der Waals surface area contributed by atoms with E-state index in [4.69, 9.17) is 14.2 Å². The lowest BCUT2D eigenvalue weighted by Gasteiger charge is -2.24. The number of phenols is 1. The summed E-state index contributed by atoms with van der Waals surface area (Å²) in [5, 5.41) is 10.0. The highest BCUT2D eigenvalue weighted by molar-refractivity contribution is 9.10. The number of aromatic hydroxyl groups is 1. The van der Waals surface area contributed by atoms with Gasteiger partial charge in [0, 0.05) is 4.47 Å². The van der Waals surface area contributed by atoms with Crippen molar-refractivity contribution in [3.05, 3.63) is 83.0 Å². The van der Waals surface area contributed by atoms with Gasteiger partial charge in [0.2, 0.25) is 0 Å². The number of hydrogen-bond acceptors (Lipinski definition) is 8. The fraction of sp³-hybridized carbons (Fsp3) is 0.240. The summed E-state index contributed by atoms with van der Waals surface area (Å²) < 4.78 is 18.3. The van der Waals surface area contributed by atoms with Crippen LogP contribution in [-0.4, -0.2) is 36.5 Å². The van der Waals surface area contributed by atoms with E-state index in [9.17, 15) is 14.7 Å². The van der Waals surface area contributed by atoms with Gasteiger partial charge in [-0.05, 0) is 55.3 Å². The summed E-state index contributed by atoms with van der Waals surface area (Å²) in [6.45, 7) is 3.67. The molecule has 0 fully saturated rings. The molecule has 8 nitrogen and oxygen atoms in total. The molecular formula is C25H23BrN2O6S. The van der Waals surface area contributed by atoms with E-state index in [1.807, 2.05) is 12.1 Å². The van der Waals surface area contributed by atoms with Gasteiger partial charge in [0.1, 0.15) is 5.75 Å². The van der Waals surface area contributed by atoms with Gasteiger partial charge in [-0.1, -0.05) is 39.4 Å². The zero-order chi connectivity index (χ0) is 25.3. The third-order valence-corrected chi connectivity index (χ3v) is 7.20. The van der Waals surface area contributed by atoms with E-state index in [1.54, 1.807) is 45.2 Å². The molecule has 35 heavy (non-hydrogen) atoms. The maximum Gasteiger partial charge on any atom is 0.338 e. The summed E-state index contributed by atoms with van der Waals surface area (Å²) in [5.41, 5.74) is 1.87. The molecule has 0 saturated heterocycles. The van der Waals surface area contributed by atoms with Crippen LogP contribution in [0, 0.1) is 0 Å². The van der Waals surface area contributed by atoms with Crippen molar-refractivity contribution in [3.8, 4) is 17.2 Å². The fourth-order valence-electron chi connectivity index (χ4n) is 3.87. The SMILES string of the molecule is CCOC(=O)C1=C(C)N=c2sc(=Cc3cc(OC)c(O)cc3Br)c(=O)n2C1c1ccc(OC)cc1. The number of thiazole rings is 1. The second kappa shape index (κ2) is 10.1. The van der Waals surface area contributed by atoms with Crippen LogP contribution in [0.15, 0.2) is 61.9 Å². The average molecular weight is 559 g/mol. The minimum Gasteiger partial charge on any atom is -0.504 e. The first-order chi connectivity index (χ1) is 16.8. The quantitative estimate of drug-likeness (QED) is 0.466. The predicted molar refractivity (Wildman–Crippen MR) is 136 cm³/mol. The third kappa shape index (κ3) is 4.63. The second-order valence-electron chi connectivity index (χ2n) is 7.62. The molecule has 1 unspecified atom stereocenters. The molecule has 2 heterocycles. The maximum atomic E-state index is 13.7. The van der Waals surface area contributed by atoms with Crippen LogP contribution in [0.25, 0.3) is 6.08 Å². The number of aromatic nitrogens is 1. The Morgan fingerprint density at radius 2 is 1.94 bits per heavy atom. The van der Waals surface area contributed by atoms with Crippen molar-refractivity contribution in [3.63, 3.8) is 0 Å². The number of benzene rings is 2. The monoisotopic (exact) mass is 558 g/mol. The van der Waals surface area contributed by atoms with Gasteiger partial charge < -0.3 is 19.3 Å². The zero-order valence-corrected chi connectivity index (χ0v) is 21.9. The van der Waals surface area contributed by atoms with Crippen molar-refractivity contribution in [1.29, 1.82) is 0 Å². The molecule has 1 N–H and O–H groups in total. The molecule has 4 rings (SSSR count). The number of ether oxygens (including phenoxy) is 3. The van der Waals surface area contributed by atoms with Crippen molar-refractivity contribution in [2.45, 2.75) is 19.9 Å². The topological polar surface area (TPSA) is 99.4 Å². The number of fused-ring (bicyclic) bond motifs is 1. The van der Waals surface area contributed by atoms with Crippen molar-refractivity contribution >= 4 is 39.3 Å². The van der Waals surface area contributed by atoms with E-state index in [0.717, 1.165) is 5.56 Å². The van der Waals surface area contributed by atoms with E-state index in [2.05, 4.69) is 20.9 Å². The normalized spacial score (nSPS) is 15.5. The molecule has 0 amide bonds. The first-order valence-electron chi connectivity index (χ1n) is 10.7. The van der Waals surface area contributed by atoms with E-state index in [1.165, 1.54) is 29.1 Å². The Morgan fingerprint density at radius 3 is 2.57 bits per heavy atom. The molecule has 0 saturated carbocycles. The van der Waals surface area contributed by atoms with Gasteiger partial charge in [-0.3, -0.25) is 9.36 Å². The zero-order valence-electron chi connectivity index (χ0n) is 19.5. The van der Waals surface area contributed by atoms with E-state index >= 15 is 0 Å². The molecule has 0 bridgehead atoms. The highest BCUT2D eigenvalue weighted by Crippen LogP contribution is 2.33. The highest BCUT2D eigenvalue weighted by atomic mass is 79.9. The van der Waals surface area contributed by atoms with Gasteiger partial charge in [0.15, 0.2) is 16.3 Å². The fourth-order valence-corrected chi connectivity index (χ4v) is 5.35. The van der Waals surface area contributed by atoms with Crippen LogP contribution in [0.1, 0.15) is 31.0 Å². The van der Waals surface area contributed by atoms with E-state index < -0.39 is 12.0 Å². The standard InChI is InChI=1S/C25H23BrN2O6S/c1-5-34-24(31)21-13(2)27-25-28(22(21)14-6-8-16(32-3)9-7-14)23(30)20(35-25)11-15-10-19(33-4)18(29)12-17(15)26/h6-12,22,29H,5H2,1-4H3. The van der Waals surface area contributed by atoms with Crippen LogP contribution >= 0.6 is 27.3 Å². The number of allylic oxidation sites excluding steroid dienone is 1. The van der Waals surface area contributed by atoms with Crippen LogP contribution in [0.4, 0.5) is 0 Å². The molecule has 182 valence electrons. The summed E-state index contributed by atoms with van der Waals surface area (Å²) in [5.74, 6) is 0.400. The third-order valence-electron chi connectivity index (χ3n) is 5.53.